The fraction of sp³-hybridized carbons (Fsp3) is 0.467. The number of fused-ring (bicyclic) bond motifs is 1. The lowest BCUT2D eigenvalue weighted by molar-refractivity contribution is -0.133. The van der Waals surface area contributed by atoms with Gasteiger partial charge in [-0.15, -0.1) is 0 Å². The van der Waals surface area contributed by atoms with Gasteiger partial charge in [-0.2, -0.15) is 0 Å². The number of carboxylic acid groups (broad SMARTS) is 1. The van der Waals surface area contributed by atoms with Crippen LogP contribution in [0.4, 0.5) is 0 Å². The standard InChI is InChI=1S/C15H19BrN2O2S/c1-4-15(2,3)9-18-12-6-5-10(16)7-11(12)17-14(18)21-8-13(19)20/h5-7H,4,8-9H2,1-3H3,(H,19,20). The second-order valence-corrected chi connectivity index (χ2v) is 7.67. The molecule has 0 saturated carbocycles. The third kappa shape index (κ3) is 4.01. The molecule has 1 N–H and O–H groups in total. The van der Waals surface area contributed by atoms with Gasteiger partial charge in [-0.05, 0) is 30.0 Å². The number of nitrogens with zero attached hydrogens (tertiary/aromatic N) is 2. The molecule has 0 unspecified atom stereocenters. The van der Waals surface area contributed by atoms with E-state index in [1.807, 2.05) is 18.2 Å². The molecular weight excluding hydrogens is 352 g/mol. The van der Waals surface area contributed by atoms with Crippen LogP contribution in [0.5, 0.6) is 0 Å². The Morgan fingerprint density at radius 3 is 2.81 bits per heavy atom. The molecule has 21 heavy (non-hydrogen) atoms. The lowest BCUT2D eigenvalue weighted by Gasteiger charge is -2.24. The summed E-state index contributed by atoms with van der Waals surface area (Å²) >= 11 is 4.73. The first-order chi connectivity index (χ1) is 9.82. The molecule has 2 aromatic rings. The Labute approximate surface area is 137 Å². The lowest BCUT2D eigenvalue weighted by Crippen LogP contribution is -2.19. The largest absolute Gasteiger partial charge is 0.481 e. The monoisotopic (exact) mass is 370 g/mol. The molecule has 1 aromatic carbocycles. The predicted molar refractivity (Wildman–Crippen MR) is 89.9 cm³/mol. The highest BCUT2D eigenvalue weighted by atomic mass is 79.9. The van der Waals surface area contributed by atoms with Gasteiger partial charge in [-0.3, -0.25) is 4.79 Å². The fourth-order valence-corrected chi connectivity index (χ4v) is 3.09. The number of aromatic nitrogens is 2. The first kappa shape index (κ1) is 16.4. The summed E-state index contributed by atoms with van der Waals surface area (Å²) in [5, 5.41) is 9.67. The first-order valence-electron chi connectivity index (χ1n) is 6.83. The number of halogens is 1. The number of rotatable bonds is 6. The number of aliphatic carboxylic acids is 1. The van der Waals surface area contributed by atoms with Gasteiger partial charge in [-0.1, -0.05) is 48.5 Å². The molecule has 4 nitrogen and oxygen atoms in total. The Hall–Kier alpha value is -1.01. The SMILES string of the molecule is CCC(C)(C)Cn1c(SCC(=O)O)nc2cc(Br)ccc21. The maximum absolute atomic E-state index is 10.8. The van der Waals surface area contributed by atoms with E-state index in [-0.39, 0.29) is 11.2 Å². The van der Waals surface area contributed by atoms with Crippen molar-refractivity contribution in [3.63, 3.8) is 0 Å². The molecule has 0 amide bonds. The minimum absolute atomic E-state index is 0.0248. The zero-order valence-corrected chi connectivity index (χ0v) is 14.8. The van der Waals surface area contributed by atoms with Crippen LogP contribution < -0.4 is 0 Å². The van der Waals surface area contributed by atoms with E-state index in [2.05, 4.69) is 46.3 Å². The van der Waals surface area contributed by atoms with E-state index < -0.39 is 5.97 Å². The van der Waals surface area contributed by atoms with Crippen molar-refractivity contribution < 1.29 is 9.90 Å². The van der Waals surface area contributed by atoms with Crippen molar-refractivity contribution in [1.29, 1.82) is 0 Å². The van der Waals surface area contributed by atoms with Crippen molar-refractivity contribution in [3.05, 3.63) is 22.7 Å². The Morgan fingerprint density at radius 2 is 2.19 bits per heavy atom. The molecule has 0 saturated heterocycles. The second-order valence-electron chi connectivity index (χ2n) is 5.81. The maximum atomic E-state index is 10.8. The smallest absolute Gasteiger partial charge is 0.313 e. The summed E-state index contributed by atoms with van der Waals surface area (Å²) in [5.74, 6) is -0.800. The van der Waals surface area contributed by atoms with Crippen molar-refractivity contribution in [2.75, 3.05) is 5.75 Å². The Kier molecular flexibility index (Phi) is 4.99. The number of carbonyl (C=O) groups is 1. The molecule has 0 aliphatic carbocycles. The molecule has 0 spiro atoms. The minimum atomic E-state index is -0.825. The van der Waals surface area contributed by atoms with Gasteiger partial charge in [0.1, 0.15) is 0 Å². The van der Waals surface area contributed by atoms with Gasteiger partial charge in [0, 0.05) is 11.0 Å². The number of hydrogen-bond acceptors (Lipinski definition) is 3. The van der Waals surface area contributed by atoms with E-state index in [1.165, 1.54) is 11.8 Å². The normalized spacial score (nSPS) is 12.0. The summed E-state index contributed by atoms with van der Waals surface area (Å²) in [6.45, 7) is 7.41. The van der Waals surface area contributed by atoms with Crippen LogP contribution in [0, 0.1) is 5.41 Å². The fourth-order valence-electron chi connectivity index (χ4n) is 2.01. The van der Waals surface area contributed by atoms with E-state index in [4.69, 9.17) is 5.11 Å². The summed E-state index contributed by atoms with van der Waals surface area (Å²) in [6.07, 6.45) is 1.05. The van der Waals surface area contributed by atoms with E-state index in [0.717, 1.165) is 33.6 Å². The van der Waals surface area contributed by atoms with Crippen LogP contribution in [-0.2, 0) is 11.3 Å². The van der Waals surface area contributed by atoms with Crippen LogP contribution in [0.25, 0.3) is 11.0 Å². The average molecular weight is 371 g/mol. The molecule has 0 radical (unpaired) electrons. The predicted octanol–water partition coefficient (Wildman–Crippen LogP) is 4.41. The van der Waals surface area contributed by atoms with Crippen molar-refractivity contribution in [3.8, 4) is 0 Å². The van der Waals surface area contributed by atoms with Crippen molar-refractivity contribution in [2.24, 2.45) is 5.41 Å². The zero-order valence-electron chi connectivity index (χ0n) is 12.4. The number of benzene rings is 1. The lowest BCUT2D eigenvalue weighted by atomic mass is 9.90. The average Bonchev–Trinajstić information content (AvgIpc) is 2.73. The van der Waals surface area contributed by atoms with Gasteiger partial charge in [0.25, 0.3) is 0 Å². The Balaban J connectivity index is 2.46. The molecule has 0 bridgehead atoms. The Morgan fingerprint density at radius 1 is 1.48 bits per heavy atom. The van der Waals surface area contributed by atoms with Crippen LogP contribution in [-0.4, -0.2) is 26.4 Å². The molecule has 0 aliphatic heterocycles. The number of thioether (sulfide) groups is 1. The van der Waals surface area contributed by atoms with Gasteiger partial charge < -0.3 is 9.67 Å². The number of carboxylic acids is 1. The van der Waals surface area contributed by atoms with Gasteiger partial charge in [0.2, 0.25) is 0 Å². The summed E-state index contributed by atoms with van der Waals surface area (Å²) in [6, 6.07) is 5.99. The molecule has 1 heterocycles. The second kappa shape index (κ2) is 6.40. The summed E-state index contributed by atoms with van der Waals surface area (Å²) in [5.41, 5.74) is 2.08. The Bertz CT molecular complexity index is 667. The number of imidazole rings is 1. The quantitative estimate of drug-likeness (QED) is 0.765. The molecule has 114 valence electrons. The zero-order chi connectivity index (χ0) is 15.6. The van der Waals surface area contributed by atoms with Crippen LogP contribution in [0.2, 0.25) is 0 Å². The van der Waals surface area contributed by atoms with E-state index >= 15 is 0 Å². The maximum Gasteiger partial charge on any atom is 0.313 e. The van der Waals surface area contributed by atoms with Gasteiger partial charge >= 0.3 is 5.97 Å². The van der Waals surface area contributed by atoms with Crippen molar-refractivity contribution >= 4 is 44.7 Å². The molecule has 0 aliphatic rings. The molecule has 0 fully saturated rings. The minimum Gasteiger partial charge on any atom is -0.481 e. The highest BCUT2D eigenvalue weighted by Gasteiger charge is 2.21. The van der Waals surface area contributed by atoms with Crippen LogP contribution in [0.3, 0.4) is 0 Å². The topological polar surface area (TPSA) is 55.1 Å². The van der Waals surface area contributed by atoms with Gasteiger partial charge in [0.15, 0.2) is 5.16 Å². The summed E-state index contributed by atoms with van der Waals surface area (Å²) in [4.78, 5) is 15.4. The molecule has 2 rings (SSSR count). The van der Waals surface area contributed by atoms with E-state index in [0.29, 0.717) is 0 Å². The highest BCUT2D eigenvalue weighted by molar-refractivity contribution is 9.10. The summed E-state index contributed by atoms with van der Waals surface area (Å²) in [7, 11) is 0. The molecule has 6 heteroatoms. The van der Waals surface area contributed by atoms with Crippen molar-refractivity contribution in [1.82, 2.24) is 9.55 Å². The van der Waals surface area contributed by atoms with E-state index in [1.54, 1.807) is 0 Å². The third-order valence-corrected chi connectivity index (χ3v) is 5.00. The molecular formula is C15H19BrN2O2S. The van der Waals surface area contributed by atoms with Crippen LogP contribution in [0.1, 0.15) is 27.2 Å². The van der Waals surface area contributed by atoms with Gasteiger partial charge in [0.05, 0.1) is 16.8 Å². The third-order valence-electron chi connectivity index (χ3n) is 3.54. The van der Waals surface area contributed by atoms with Crippen LogP contribution >= 0.6 is 27.7 Å². The van der Waals surface area contributed by atoms with Gasteiger partial charge in [-0.25, -0.2) is 4.98 Å². The number of hydrogen-bond donors (Lipinski definition) is 1. The summed E-state index contributed by atoms with van der Waals surface area (Å²) < 4.78 is 3.11. The van der Waals surface area contributed by atoms with Crippen molar-refractivity contribution in [2.45, 2.75) is 38.9 Å². The highest BCUT2D eigenvalue weighted by Crippen LogP contribution is 2.31. The molecule has 0 atom stereocenters. The first-order valence-corrected chi connectivity index (χ1v) is 8.60. The van der Waals surface area contributed by atoms with E-state index in [9.17, 15) is 4.79 Å². The molecule has 1 aromatic heterocycles. The van der Waals surface area contributed by atoms with Crippen LogP contribution in [0.15, 0.2) is 27.8 Å².